The summed E-state index contributed by atoms with van der Waals surface area (Å²) in [7, 11) is 0. The number of aromatic nitrogens is 1. The largest absolute Gasteiger partial charge is 0.392 e. The Morgan fingerprint density at radius 3 is 2.56 bits per heavy atom. The van der Waals surface area contributed by atoms with Crippen LogP contribution in [0.4, 0.5) is 8.78 Å². The summed E-state index contributed by atoms with van der Waals surface area (Å²) in [4.78, 5) is 17.6. The first kappa shape index (κ1) is 17.4. The topological polar surface area (TPSA) is 79.4 Å². The molecule has 1 aliphatic rings. The Morgan fingerprint density at radius 2 is 2.00 bits per heavy atom. The average molecular weight is 347 g/mol. The predicted molar refractivity (Wildman–Crippen MR) is 88.3 cm³/mol. The summed E-state index contributed by atoms with van der Waals surface area (Å²) in [5.74, 6) is -1.84. The molecule has 3 N–H and O–H groups in total. The van der Waals surface area contributed by atoms with E-state index in [1.807, 2.05) is 11.8 Å². The number of nitrogens with zero attached hydrogens (tertiary/aromatic N) is 2. The maximum Gasteiger partial charge on any atom is 0.234 e. The predicted octanol–water partition coefficient (Wildman–Crippen LogP) is 2.01. The van der Waals surface area contributed by atoms with Gasteiger partial charge in [-0.15, -0.1) is 0 Å². The van der Waals surface area contributed by atoms with Crippen molar-refractivity contribution in [2.75, 3.05) is 6.54 Å². The highest BCUT2D eigenvalue weighted by Crippen LogP contribution is 2.30. The van der Waals surface area contributed by atoms with Crippen LogP contribution in [0.25, 0.3) is 11.3 Å². The minimum absolute atomic E-state index is 0.173. The Labute approximate surface area is 144 Å². The van der Waals surface area contributed by atoms with Gasteiger partial charge in [0.2, 0.25) is 5.91 Å². The summed E-state index contributed by atoms with van der Waals surface area (Å²) in [6.45, 7) is 2.20. The van der Waals surface area contributed by atoms with Crippen molar-refractivity contribution >= 4 is 5.91 Å². The lowest BCUT2D eigenvalue weighted by atomic mass is 10.0. The van der Waals surface area contributed by atoms with E-state index in [1.54, 1.807) is 12.1 Å². The van der Waals surface area contributed by atoms with Crippen molar-refractivity contribution in [3.05, 3.63) is 53.7 Å². The molecule has 1 fully saturated rings. The van der Waals surface area contributed by atoms with E-state index in [0.717, 1.165) is 5.56 Å². The lowest BCUT2D eigenvalue weighted by Crippen LogP contribution is -2.41. The third kappa shape index (κ3) is 3.38. The second-order valence-electron chi connectivity index (χ2n) is 6.25. The number of halogens is 2. The molecule has 0 radical (unpaired) electrons. The minimum Gasteiger partial charge on any atom is -0.392 e. The number of hydrogen-bond donors (Lipinski definition) is 2. The lowest BCUT2D eigenvalue weighted by Gasteiger charge is -2.28. The zero-order valence-electron chi connectivity index (χ0n) is 13.7. The first-order valence-electron chi connectivity index (χ1n) is 8.02. The molecule has 2 unspecified atom stereocenters. The molecule has 0 saturated carbocycles. The number of hydrogen-bond acceptors (Lipinski definition) is 4. The Bertz CT molecular complexity index is 762. The second kappa shape index (κ2) is 6.85. The molecule has 2 aromatic rings. The van der Waals surface area contributed by atoms with Crippen LogP contribution >= 0.6 is 0 Å². The number of carbonyl (C=O) groups is 1. The first-order valence-corrected chi connectivity index (χ1v) is 8.02. The van der Waals surface area contributed by atoms with Gasteiger partial charge in [0.25, 0.3) is 0 Å². The third-order valence-electron chi connectivity index (χ3n) is 4.63. The van der Waals surface area contributed by atoms with Gasteiger partial charge >= 0.3 is 0 Å². The minimum atomic E-state index is -0.676. The van der Waals surface area contributed by atoms with Crippen molar-refractivity contribution in [1.29, 1.82) is 0 Å². The molecule has 1 saturated heterocycles. The van der Waals surface area contributed by atoms with Crippen molar-refractivity contribution < 1.29 is 18.7 Å². The van der Waals surface area contributed by atoms with Gasteiger partial charge in [-0.3, -0.25) is 14.7 Å². The molecule has 132 valence electrons. The summed E-state index contributed by atoms with van der Waals surface area (Å²) in [6, 6.07) is 6.14. The Kier molecular flexibility index (Phi) is 4.78. The van der Waals surface area contributed by atoms with Crippen LogP contribution in [0.3, 0.4) is 0 Å². The van der Waals surface area contributed by atoms with Gasteiger partial charge in [-0.2, -0.15) is 0 Å². The van der Waals surface area contributed by atoms with E-state index >= 15 is 0 Å². The Balaban J connectivity index is 1.86. The number of amides is 1. The number of carbonyl (C=O) groups excluding carboxylic acids is 1. The highest BCUT2D eigenvalue weighted by molar-refractivity contribution is 5.80. The number of rotatable bonds is 4. The number of pyridine rings is 1. The molecule has 1 amide bonds. The molecule has 5 nitrogen and oxygen atoms in total. The van der Waals surface area contributed by atoms with E-state index in [4.69, 9.17) is 5.73 Å². The zero-order valence-corrected chi connectivity index (χ0v) is 13.7. The second-order valence-corrected chi connectivity index (χ2v) is 6.25. The molecule has 1 aromatic carbocycles. The van der Waals surface area contributed by atoms with Gasteiger partial charge in [-0.1, -0.05) is 12.1 Å². The van der Waals surface area contributed by atoms with Gasteiger partial charge in [0.05, 0.1) is 23.4 Å². The highest BCUT2D eigenvalue weighted by atomic mass is 19.1. The monoisotopic (exact) mass is 347 g/mol. The van der Waals surface area contributed by atoms with Crippen molar-refractivity contribution in [3.63, 3.8) is 0 Å². The van der Waals surface area contributed by atoms with Crippen LogP contribution in [-0.4, -0.2) is 39.6 Å². The Morgan fingerprint density at radius 1 is 1.32 bits per heavy atom. The molecule has 1 aromatic heterocycles. The van der Waals surface area contributed by atoms with E-state index in [1.165, 1.54) is 24.4 Å². The molecule has 7 heteroatoms. The van der Waals surface area contributed by atoms with E-state index in [-0.39, 0.29) is 17.3 Å². The maximum atomic E-state index is 13.9. The van der Waals surface area contributed by atoms with Gasteiger partial charge < -0.3 is 10.8 Å². The normalized spacial score (nSPS) is 22.1. The summed E-state index contributed by atoms with van der Waals surface area (Å²) in [6.07, 6.45) is 1.21. The van der Waals surface area contributed by atoms with E-state index in [2.05, 4.69) is 4.98 Å². The molecule has 1 aliphatic heterocycles. The summed E-state index contributed by atoms with van der Waals surface area (Å²) >= 11 is 0. The SMILES string of the molecule is C[C@@H](c1ccc(-c2c(F)cccc2F)nc1)N1CC(O)CC1C(N)=O. The van der Waals surface area contributed by atoms with Crippen LogP contribution in [-0.2, 0) is 4.79 Å². The molecule has 0 aliphatic carbocycles. The van der Waals surface area contributed by atoms with Crippen LogP contribution in [0.5, 0.6) is 0 Å². The molecular weight excluding hydrogens is 328 g/mol. The Hall–Kier alpha value is -2.38. The fourth-order valence-electron chi connectivity index (χ4n) is 3.28. The van der Waals surface area contributed by atoms with Crippen LogP contribution in [0.1, 0.15) is 24.9 Å². The quantitative estimate of drug-likeness (QED) is 0.887. The first-order chi connectivity index (χ1) is 11.9. The summed E-state index contributed by atoms with van der Waals surface area (Å²) < 4.78 is 27.7. The molecule has 3 atom stereocenters. The maximum absolute atomic E-state index is 13.9. The lowest BCUT2D eigenvalue weighted by molar-refractivity contribution is -0.122. The van der Waals surface area contributed by atoms with Crippen LogP contribution in [0.15, 0.2) is 36.5 Å². The molecule has 0 spiro atoms. The van der Waals surface area contributed by atoms with E-state index in [0.29, 0.717) is 13.0 Å². The molecular formula is C18H19F2N3O2. The van der Waals surface area contributed by atoms with Crippen molar-refractivity contribution in [1.82, 2.24) is 9.88 Å². The van der Waals surface area contributed by atoms with Gasteiger partial charge in [-0.05, 0) is 37.1 Å². The fourth-order valence-corrected chi connectivity index (χ4v) is 3.28. The van der Waals surface area contributed by atoms with E-state index < -0.39 is 29.7 Å². The molecule has 25 heavy (non-hydrogen) atoms. The van der Waals surface area contributed by atoms with E-state index in [9.17, 15) is 18.7 Å². The van der Waals surface area contributed by atoms with Crippen molar-refractivity contribution in [2.24, 2.45) is 5.73 Å². The standard InChI is InChI=1S/C18H19F2N3O2/c1-10(23-9-12(24)7-16(23)18(21)25)11-5-6-15(22-8-11)17-13(19)3-2-4-14(17)20/h2-6,8,10,12,16,24H,7,9H2,1H3,(H2,21,25)/t10-,12?,16?/m0/s1. The number of aliphatic hydroxyl groups excluding tert-OH is 1. The summed E-state index contributed by atoms with van der Waals surface area (Å²) in [5.41, 5.74) is 6.19. The molecule has 0 bridgehead atoms. The number of aliphatic hydroxyl groups is 1. The molecule has 3 rings (SSSR count). The smallest absolute Gasteiger partial charge is 0.234 e. The van der Waals surface area contributed by atoms with Crippen molar-refractivity contribution in [2.45, 2.75) is 31.5 Å². The number of primary amides is 1. The van der Waals surface area contributed by atoms with Gasteiger partial charge in [-0.25, -0.2) is 8.78 Å². The number of nitrogens with two attached hydrogens (primary N) is 1. The van der Waals surface area contributed by atoms with Crippen LogP contribution in [0, 0.1) is 11.6 Å². The van der Waals surface area contributed by atoms with Gasteiger partial charge in [0.1, 0.15) is 11.6 Å². The van der Waals surface area contributed by atoms with Crippen LogP contribution < -0.4 is 5.73 Å². The number of β-amino-alcohol motifs (C(OH)–C–C–N with tert-alkyl or cyclic N) is 1. The van der Waals surface area contributed by atoms with Crippen LogP contribution in [0.2, 0.25) is 0 Å². The van der Waals surface area contributed by atoms with Crippen molar-refractivity contribution in [3.8, 4) is 11.3 Å². The average Bonchev–Trinajstić information content (AvgIpc) is 2.97. The number of likely N-dealkylation sites (tertiary alicyclic amines) is 1. The third-order valence-corrected chi connectivity index (χ3v) is 4.63. The highest BCUT2D eigenvalue weighted by Gasteiger charge is 2.37. The zero-order chi connectivity index (χ0) is 18.1. The fraction of sp³-hybridized carbons (Fsp3) is 0.333. The van der Waals surface area contributed by atoms with Gasteiger partial charge in [0, 0.05) is 18.8 Å². The number of benzene rings is 1. The molecule has 2 heterocycles. The van der Waals surface area contributed by atoms with Gasteiger partial charge in [0.15, 0.2) is 0 Å². The summed E-state index contributed by atoms with van der Waals surface area (Å²) in [5, 5.41) is 9.82.